The van der Waals surface area contributed by atoms with Crippen LogP contribution in [0.1, 0.15) is 78.6 Å². The molecule has 1 saturated carbocycles. The van der Waals surface area contributed by atoms with E-state index in [0.717, 1.165) is 18.0 Å². The van der Waals surface area contributed by atoms with Crippen molar-refractivity contribution >= 4 is 0 Å². The number of nitrogens with one attached hydrogen (secondary N) is 1. The fraction of sp³-hybridized carbons (Fsp3) is 1.00. The van der Waals surface area contributed by atoms with E-state index in [1.54, 1.807) is 0 Å². The molecule has 0 amide bonds. The molecule has 0 aliphatic heterocycles. The normalized spacial score (nSPS) is 19.7. The number of hydrogen-bond donors (Lipinski definition) is 1. The summed E-state index contributed by atoms with van der Waals surface area (Å²) in [7, 11) is 0. The molecule has 1 aliphatic carbocycles. The third-order valence-electron chi connectivity index (χ3n) is 3.69. The lowest BCUT2D eigenvalue weighted by Crippen LogP contribution is -2.34. The van der Waals surface area contributed by atoms with Crippen LogP contribution in [0.3, 0.4) is 0 Å². The maximum atomic E-state index is 3.74. The van der Waals surface area contributed by atoms with Gasteiger partial charge in [0.2, 0.25) is 0 Å². The van der Waals surface area contributed by atoms with Gasteiger partial charge in [-0.15, -0.1) is 0 Å². The third-order valence-corrected chi connectivity index (χ3v) is 3.69. The van der Waals surface area contributed by atoms with E-state index < -0.39 is 0 Å². The molecule has 2 atom stereocenters. The molecule has 1 heteroatoms. The van der Waals surface area contributed by atoms with Crippen LogP contribution >= 0.6 is 0 Å². The topological polar surface area (TPSA) is 12.0 Å². The van der Waals surface area contributed by atoms with Crippen LogP contribution in [-0.2, 0) is 0 Å². The van der Waals surface area contributed by atoms with E-state index in [9.17, 15) is 0 Å². The molecule has 2 unspecified atom stereocenters. The van der Waals surface area contributed by atoms with Crippen molar-refractivity contribution in [1.82, 2.24) is 5.32 Å². The van der Waals surface area contributed by atoms with Crippen molar-refractivity contribution in [3.63, 3.8) is 0 Å². The standard InChI is InChI=1S/C15H31N/c1-4-5-6-7-8-9-13(2)16-14(3)12-15-10-11-15/h13-16H,4-12H2,1-3H3. The first-order chi connectivity index (χ1) is 7.72. The van der Waals surface area contributed by atoms with Gasteiger partial charge in [0, 0.05) is 12.1 Å². The van der Waals surface area contributed by atoms with Crippen LogP contribution in [0.25, 0.3) is 0 Å². The van der Waals surface area contributed by atoms with Crippen molar-refractivity contribution < 1.29 is 0 Å². The van der Waals surface area contributed by atoms with Gasteiger partial charge in [0.1, 0.15) is 0 Å². The largest absolute Gasteiger partial charge is 0.312 e. The average Bonchev–Trinajstić information content (AvgIpc) is 3.01. The van der Waals surface area contributed by atoms with E-state index in [1.807, 2.05) is 0 Å². The van der Waals surface area contributed by atoms with Gasteiger partial charge in [-0.2, -0.15) is 0 Å². The molecule has 16 heavy (non-hydrogen) atoms. The second-order valence-electron chi connectivity index (χ2n) is 5.85. The molecule has 1 fully saturated rings. The van der Waals surface area contributed by atoms with E-state index in [2.05, 4.69) is 26.1 Å². The van der Waals surface area contributed by atoms with Crippen molar-refractivity contribution in [3.8, 4) is 0 Å². The monoisotopic (exact) mass is 225 g/mol. The molecule has 1 N–H and O–H groups in total. The van der Waals surface area contributed by atoms with Crippen LogP contribution in [0, 0.1) is 5.92 Å². The van der Waals surface area contributed by atoms with E-state index in [1.165, 1.54) is 57.8 Å². The molecule has 0 saturated heterocycles. The fourth-order valence-corrected chi connectivity index (χ4v) is 2.54. The van der Waals surface area contributed by atoms with Crippen LogP contribution in [0.2, 0.25) is 0 Å². The van der Waals surface area contributed by atoms with Gasteiger partial charge in [-0.05, 0) is 32.6 Å². The lowest BCUT2D eigenvalue weighted by molar-refractivity contribution is 0.403. The van der Waals surface area contributed by atoms with Crippen molar-refractivity contribution in [2.24, 2.45) is 5.92 Å². The Balaban J connectivity index is 1.90. The Kier molecular flexibility index (Phi) is 7.11. The van der Waals surface area contributed by atoms with E-state index >= 15 is 0 Å². The SMILES string of the molecule is CCCCCCCC(C)NC(C)CC1CC1. The molecular weight excluding hydrogens is 194 g/mol. The first-order valence-electron chi connectivity index (χ1n) is 7.48. The molecule has 1 rings (SSSR count). The zero-order valence-corrected chi connectivity index (χ0v) is 11.6. The third kappa shape index (κ3) is 7.27. The van der Waals surface area contributed by atoms with E-state index in [4.69, 9.17) is 0 Å². The number of unbranched alkanes of at least 4 members (excludes halogenated alkanes) is 4. The Labute approximate surface area is 102 Å². The van der Waals surface area contributed by atoms with Gasteiger partial charge in [0.05, 0.1) is 0 Å². The van der Waals surface area contributed by atoms with Crippen LogP contribution in [0.15, 0.2) is 0 Å². The minimum absolute atomic E-state index is 0.718. The van der Waals surface area contributed by atoms with Crippen LogP contribution in [-0.4, -0.2) is 12.1 Å². The first kappa shape index (κ1) is 14.0. The summed E-state index contributed by atoms with van der Waals surface area (Å²) in [6.45, 7) is 6.98. The predicted octanol–water partition coefficient (Wildman–Crippen LogP) is 4.51. The molecule has 1 nitrogen and oxygen atoms in total. The van der Waals surface area contributed by atoms with Gasteiger partial charge in [0.25, 0.3) is 0 Å². The molecule has 0 bridgehead atoms. The van der Waals surface area contributed by atoms with Crippen LogP contribution < -0.4 is 5.32 Å². The van der Waals surface area contributed by atoms with Crippen molar-refractivity contribution in [1.29, 1.82) is 0 Å². The van der Waals surface area contributed by atoms with Gasteiger partial charge >= 0.3 is 0 Å². The summed E-state index contributed by atoms with van der Waals surface area (Å²) in [5.74, 6) is 1.05. The Morgan fingerprint density at radius 1 is 1.00 bits per heavy atom. The summed E-state index contributed by atoms with van der Waals surface area (Å²) >= 11 is 0. The molecule has 0 aromatic carbocycles. The van der Waals surface area contributed by atoms with Crippen molar-refractivity contribution in [3.05, 3.63) is 0 Å². The molecule has 0 spiro atoms. The highest BCUT2D eigenvalue weighted by Gasteiger charge is 2.23. The van der Waals surface area contributed by atoms with Gasteiger partial charge in [-0.1, -0.05) is 51.9 Å². The van der Waals surface area contributed by atoms with Crippen LogP contribution in [0.5, 0.6) is 0 Å². The Morgan fingerprint density at radius 3 is 2.31 bits per heavy atom. The molecule has 0 aromatic heterocycles. The Bertz CT molecular complexity index is 163. The Hall–Kier alpha value is -0.0400. The van der Waals surface area contributed by atoms with Gasteiger partial charge in [0.15, 0.2) is 0 Å². The highest BCUT2D eigenvalue weighted by molar-refractivity contribution is 4.79. The highest BCUT2D eigenvalue weighted by Crippen LogP contribution is 2.33. The molecule has 0 radical (unpaired) electrons. The minimum Gasteiger partial charge on any atom is -0.312 e. The molecule has 0 aromatic rings. The maximum Gasteiger partial charge on any atom is 0.00438 e. The summed E-state index contributed by atoms with van der Waals surface area (Å²) in [5.41, 5.74) is 0. The summed E-state index contributed by atoms with van der Waals surface area (Å²) in [5, 5.41) is 3.74. The second kappa shape index (κ2) is 8.11. The minimum atomic E-state index is 0.718. The number of hydrogen-bond acceptors (Lipinski definition) is 1. The van der Waals surface area contributed by atoms with Gasteiger partial charge in [-0.25, -0.2) is 0 Å². The molecule has 0 heterocycles. The van der Waals surface area contributed by atoms with Crippen LogP contribution in [0.4, 0.5) is 0 Å². The predicted molar refractivity (Wildman–Crippen MR) is 72.8 cm³/mol. The lowest BCUT2D eigenvalue weighted by Gasteiger charge is -2.19. The van der Waals surface area contributed by atoms with Crippen molar-refractivity contribution in [2.75, 3.05) is 0 Å². The molecule has 96 valence electrons. The zero-order valence-electron chi connectivity index (χ0n) is 11.6. The lowest BCUT2D eigenvalue weighted by atomic mass is 10.1. The van der Waals surface area contributed by atoms with E-state index in [-0.39, 0.29) is 0 Å². The summed E-state index contributed by atoms with van der Waals surface area (Å²) in [6, 6.07) is 1.45. The summed E-state index contributed by atoms with van der Waals surface area (Å²) in [6.07, 6.45) is 12.8. The Morgan fingerprint density at radius 2 is 1.69 bits per heavy atom. The van der Waals surface area contributed by atoms with E-state index in [0.29, 0.717) is 0 Å². The quantitative estimate of drug-likeness (QED) is 0.539. The van der Waals surface area contributed by atoms with Gasteiger partial charge in [-0.3, -0.25) is 0 Å². The summed E-state index contributed by atoms with van der Waals surface area (Å²) < 4.78 is 0. The van der Waals surface area contributed by atoms with Gasteiger partial charge < -0.3 is 5.32 Å². The number of rotatable bonds is 10. The average molecular weight is 225 g/mol. The zero-order chi connectivity index (χ0) is 11.8. The van der Waals surface area contributed by atoms with Crippen molar-refractivity contribution in [2.45, 2.75) is 90.6 Å². The maximum absolute atomic E-state index is 3.74. The second-order valence-corrected chi connectivity index (χ2v) is 5.85. The highest BCUT2D eigenvalue weighted by atomic mass is 14.9. The smallest absolute Gasteiger partial charge is 0.00438 e. The summed E-state index contributed by atoms with van der Waals surface area (Å²) in [4.78, 5) is 0. The molecular formula is C15H31N. The molecule has 1 aliphatic rings. The fourth-order valence-electron chi connectivity index (χ4n) is 2.54. The first-order valence-corrected chi connectivity index (χ1v) is 7.48.